The van der Waals surface area contributed by atoms with E-state index in [2.05, 4.69) is 34.6 Å². The van der Waals surface area contributed by atoms with Crippen LogP contribution >= 0.6 is 15.6 Å². The van der Waals surface area contributed by atoms with Gasteiger partial charge in [-0.05, 0) is 31.6 Å². The number of aliphatic hydroxyl groups excluding tert-OH is 1. The van der Waals surface area contributed by atoms with Crippen molar-refractivity contribution in [2.75, 3.05) is 39.6 Å². The third-order valence-corrected chi connectivity index (χ3v) is 17.7. The van der Waals surface area contributed by atoms with Gasteiger partial charge in [0.1, 0.15) is 19.3 Å². The van der Waals surface area contributed by atoms with Crippen molar-refractivity contribution in [3.8, 4) is 0 Å². The monoisotopic (exact) mass is 1280 g/mol. The van der Waals surface area contributed by atoms with E-state index < -0.39 is 97.5 Å². The lowest BCUT2D eigenvalue weighted by molar-refractivity contribution is -0.161. The highest BCUT2D eigenvalue weighted by Crippen LogP contribution is 2.45. The molecular formula is C68H132O17P2. The van der Waals surface area contributed by atoms with E-state index in [9.17, 15) is 43.2 Å². The minimum absolute atomic E-state index is 0.106. The molecule has 516 valence electrons. The van der Waals surface area contributed by atoms with Crippen LogP contribution in [0.4, 0.5) is 0 Å². The number of phosphoric acid groups is 2. The zero-order chi connectivity index (χ0) is 64.2. The third-order valence-electron chi connectivity index (χ3n) is 15.8. The maximum Gasteiger partial charge on any atom is 0.472 e. The number of hydrogen-bond acceptors (Lipinski definition) is 15. The molecule has 0 aromatic heterocycles. The number of phosphoric ester groups is 2. The van der Waals surface area contributed by atoms with Gasteiger partial charge in [0, 0.05) is 25.7 Å². The molecular weight excluding hydrogens is 1150 g/mol. The fourth-order valence-corrected chi connectivity index (χ4v) is 11.9. The highest BCUT2D eigenvalue weighted by molar-refractivity contribution is 7.47. The highest BCUT2D eigenvalue weighted by Gasteiger charge is 2.30. The molecule has 0 saturated carbocycles. The van der Waals surface area contributed by atoms with Crippen LogP contribution in [0.15, 0.2) is 0 Å². The molecule has 0 aromatic carbocycles. The Balaban J connectivity index is 5.15. The van der Waals surface area contributed by atoms with Crippen molar-refractivity contribution in [1.82, 2.24) is 0 Å². The molecule has 0 radical (unpaired) electrons. The number of rotatable bonds is 68. The van der Waals surface area contributed by atoms with Crippen molar-refractivity contribution in [2.24, 2.45) is 5.92 Å². The molecule has 0 bridgehead atoms. The summed E-state index contributed by atoms with van der Waals surface area (Å²) in [6.07, 6.45) is 47.6. The minimum atomic E-state index is -4.95. The van der Waals surface area contributed by atoms with Gasteiger partial charge < -0.3 is 33.8 Å². The number of aliphatic hydroxyl groups is 1. The molecule has 0 amide bonds. The van der Waals surface area contributed by atoms with E-state index in [4.69, 9.17) is 37.0 Å². The lowest BCUT2D eigenvalue weighted by atomic mass is 10.0. The van der Waals surface area contributed by atoms with E-state index in [-0.39, 0.29) is 25.7 Å². The Morgan fingerprint density at radius 3 is 0.782 bits per heavy atom. The number of hydrogen-bond donors (Lipinski definition) is 3. The normalized spacial score (nSPS) is 14.1. The molecule has 2 unspecified atom stereocenters. The summed E-state index contributed by atoms with van der Waals surface area (Å²) in [6.45, 7) is 7.14. The summed E-state index contributed by atoms with van der Waals surface area (Å²) in [5.41, 5.74) is 0. The number of esters is 4. The first-order valence-electron chi connectivity index (χ1n) is 35.6. The first kappa shape index (κ1) is 85.1. The summed E-state index contributed by atoms with van der Waals surface area (Å²) in [4.78, 5) is 72.1. The van der Waals surface area contributed by atoms with E-state index in [0.717, 1.165) is 102 Å². The summed E-state index contributed by atoms with van der Waals surface area (Å²) in [5, 5.41) is 10.5. The molecule has 0 saturated heterocycles. The molecule has 0 fully saturated rings. The Morgan fingerprint density at radius 2 is 0.529 bits per heavy atom. The van der Waals surface area contributed by atoms with Crippen LogP contribution in [0.1, 0.15) is 349 Å². The fourth-order valence-electron chi connectivity index (χ4n) is 10.3. The summed E-state index contributed by atoms with van der Waals surface area (Å²) in [7, 11) is -9.88. The van der Waals surface area contributed by atoms with Gasteiger partial charge >= 0.3 is 39.5 Å². The van der Waals surface area contributed by atoms with E-state index in [0.29, 0.717) is 25.7 Å². The zero-order valence-electron chi connectivity index (χ0n) is 56.2. The second-order valence-electron chi connectivity index (χ2n) is 25.0. The number of unbranched alkanes of at least 4 members (excludes halogenated alkanes) is 40. The lowest BCUT2D eigenvalue weighted by Gasteiger charge is -2.21. The Bertz CT molecular complexity index is 1690. The van der Waals surface area contributed by atoms with E-state index in [1.54, 1.807) is 0 Å². The number of ether oxygens (including phenoxy) is 4. The minimum Gasteiger partial charge on any atom is -0.462 e. The van der Waals surface area contributed by atoms with Crippen LogP contribution in [0.25, 0.3) is 0 Å². The molecule has 0 aromatic rings. The number of carbonyl (C=O) groups is 4. The predicted octanol–water partition coefficient (Wildman–Crippen LogP) is 19.4. The van der Waals surface area contributed by atoms with Crippen LogP contribution < -0.4 is 0 Å². The van der Waals surface area contributed by atoms with Crippen molar-refractivity contribution in [1.29, 1.82) is 0 Å². The lowest BCUT2D eigenvalue weighted by Crippen LogP contribution is -2.30. The van der Waals surface area contributed by atoms with Crippen molar-refractivity contribution in [3.63, 3.8) is 0 Å². The number of carbonyl (C=O) groups excluding carboxylic acids is 4. The van der Waals surface area contributed by atoms with Gasteiger partial charge in [0.15, 0.2) is 12.2 Å². The van der Waals surface area contributed by atoms with Gasteiger partial charge in [-0.25, -0.2) is 9.13 Å². The van der Waals surface area contributed by atoms with E-state index in [1.165, 1.54) is 167 Å². The molecule has 87 heavy (non-hydrogen) atoms. The van der Waals surface area contributed by atoms with Crippen LogP contribution in [0.2, 0.25) is 0 Å². The SMILES string of the molecule is CCCCCCCCCCCCCCCCCCCCC(=O)O[C@H](COC(=O)CCCCCCCCCCCCCC(C)C)COP(=O)(O)OC[C@@H](O)COP(=O)(O)OC[C@@H](COC(=O)CCCCCCC)OC(=O)CCCCCCCCCCCC. The largest absolute Gasteiger partial charge is 0.472 e. The maximum absolute atomic E-state index is 13.0. The van der Waals surface area contributed by atoms with Crippen LogP contribution in [0, 0.1) is 5.92 Å². The Kier molecular flexibility index (Phi) is 60.2. The molecule has 0 aliphatic rings. The average molecular weight is 1280 g/mol. The van der Waals surface area contributed by atoms with Gasteiger partial charge in [0.25, 0.3) is 0 Å². The average Bonchev–Trinajstić information content (AvgIpc) is 3.49. The van der Waals surface area contributed by atoms with Crippen LogP contribution in [-0.2, 0) is 65.4 Å². The fraction of sp³-hybridized carbons (Fsp3) is 0.941. The van der Waals surface area contributed by atoms with Gasteiger partial charge in [-0.3, -0.25) is 37.3 Å². The second-order valence-corrected chi connectivity index (χ2v) is 27.9. The quantitative estimate of drug-likeness (QED) is 0.0222. The van der Waals surface area contributed by atoms with E-state index >= 15 is 0 Å². The first-order chi connectivity index (χ1) is 42.0. The van der Waals surface area contributed by atoms with Gasteiger partial charge in [0.05, 0.1) is 26.4 Å². The van der Waals surface area contributed by atoms with Crippen LogP contribution in [0.5, 0.6) is 0 Å². The smallest absolute Gasteiger partial charge is 0.462 e. The maximum atomic E-state index is 13.0. The van der Waals surface area contributed by atoms with Crippen LogP contribution in [0.3, 0.4) is 0 Å². The standard InChI is InChI=1S/C68H132O17P2/c1-6-9-12-15-17-19-21-22-23-24-25-26-27-30-35-39-44-49-54-68(73)85-64(58-79-66(71)52-47-42-37-34-31-28-29-32-36-41-45-50-61(4)5)60-83-87(76,77)81-56-62(69)55-80-86(74,75)82-59-63(57-78-65(70)51-46-40-14-11-8-3)84-67(72)53-48-43-38-33-20-18-16-13-10-7-2/h61-64,69H,6-60H2,1-5H3,(H,74,75)(H,76,77)/t62-,63+,64+/m0/s1. The van der Waals surface area contributed by atoms with Crippen molar-refractivity contribution < 1.29 is 80.2 Å². The summed E-state index contributed by atoms with van der Waals surface area (Å²) < 4.78 is 68.0. The van der Waals surface area contributed by atoms with Crippen LogP contribution in [-0.4, -0.2) is 96.7 Å². The Hall–Kier alpha value is -1.94. The topological polar surface area (TPSA) is 237 Å². The molecule has 5 atom stereocenters. The molecule has 0 aliphatic carbocycles. The van der Waals surface area contributed by atoms with E-state index in [1.807, 2.05) is 0 Å². The molecule has 0 heterocycles. The Morgan fingerprint density at radius 1 is 0.310 bits per heavy atom. The Labute approximate surface area is 530 Å². The van der Waals surface area contributed by atoms with Crippen molar-refractivity contribution in [3.05, 3.63) is 0 Å². The molecule has 19 heteroatoms. The third kappa shape index (κ3) is 62.6. The summed E-state index contributed by atoms with van der Waals surface area (Å²) in [5.74, 6) is -1.37. The van der Waals surface area contributed by atoms with Gasteiger partial charge in [0.2, 0.25) is 0 Å². The molecule has 0 spiro atoms. The summed E-state index contributed by atoms with van der Waals surface area (Å²) in [6, 6.07) is 0. The molecule has 0 aliphatic heterocycles. The molecule has 17 nitrogen and oxygen atoms in total. The van der Waals surface area contributed by atoms with Crippen molar-refractivity contribution >= 4 is 39.5 Å². The molecule has 3 N–H and O–H groups in total. The van der Waals surface area contributed by atoms with Gasteiger partial charge in [-0.1, -0.05) is 298 Å². The predicted molar refractivity (Wildman–Crippen MR) is 349 cm³/mol. The highest BCUT2D eigenvalue weighted by atomic mass is 31.2. The van der Waals surface area contributed by atoms with Gasteiger partial charge in [-0.15, -0.1) is 0 Å². The van der Waals surface area contributed by atoms with Crippen molar-refractivity contribution in [2.45, 2.75) is 368 Å². The first-order valence-corrected chi connectivity index (χ1v) is 38.6. The van der Waals surface area contributed by atoms with Gasteiger partial charge in [-0.2, -0.15) is 0 Å². The second kappa shape index (κ2) is 61.6. The molecule has 0 rings (SSSR count). The zero-order valence-corrected chi connectivity index (χ0v) is 57.9. The summed E-state index contributed by atoms with van der Waals surface area (Å²) >= 11 is 0.